The van der Waals surface area contributed by atoms with Crippen LogP contribution in [0.5, 0.6) is 0 Å². The maximum atomic E-state index is 4.23. The zero-order valence-electron chi connectivity index (χ0n) is 9.95. The van der Waals surface area contributed by atoms with Gasteiger partial charge in [0.25, 0.3) is 0 Å². The lowest BCUT2D eigenvalue weighted by Crippen LogP contribution is -2.30. The monoisotopic (exact) mass is 230 g/mol. The molecule has 0 bridgehead atoms. The molecule has 1 aliphatic rings. The van der Waals surface area contributed by atoms with Crippen LogP contribution >= 0.6 is 0 Å². The van der Waals surface area contributed by atoms with Crippen molar-refractivity contribution in [3.05, 3.63) is 24.2 Å². The minimum Gasteiger partial charge on any atom is -0.343 e. The van der Waals surface area contributed by atoms with Gasteiger partial charge >= 0.3 is 0 Å². The lowest BCUT2D eigenvalue weighted by atomic mass is 9.95. The van der Waals surface area contributed by atoms with Gasteiger partial charge in [0.1, 0.15) is 0 Å². The molecule has 2 heterocycles. The maximum Gasteiger partial charge on any atom is 0.177 e. The van der Waals surface area contributed by atoms with Gasteiger partial charge in [-0.1, -0.05) is 19.3 Å². The second-order valence-electron chi connectivity index (χ2n) is 4.79. The van der Waals surface area contributed by atoms with E-state index in [-0.39, 0.29) is 0 Å². The first-order chi connectivity index (χ1) is 8.43. The van der Waals surface area contributed by atoms with Crippen molar-refractivity contribution in [2.24, 2.45) is 0 Å². The van der Waals surface area contributed by atoms with Crippen molar-refractivity contribution in [2.45, 2.75) is 44.7 Å². The number of nitrogens with one attached hydrogen (secondary N) is 2. The summed E-state index contributed by atoms with van der Waals surface area (Å²) >= 11 is 0. The predicted octanol–water partition coefficient (Wildman–Crippen LogP) is 2.38. The number of fused-ring (bicyclic) bond motifs is 1. The number of hydrogen-bond donors (Lipinski definition) is 2. The summed E-state index contributed by atoms with van der Waals surface area (Å²) in [5.41, 5.74) is 3.14. The molecule has 17 heavy (non-hydrogen) atoms. The Morgan fingerprint density at radius 1 is 1.24 bits per heavy atom. The smallest absolute Gasteiger partial charge is 0.177 e. The first-order valence-electron chi connectivity index (χ1n) is 6.44. The molecule has 0 aromatic carbocycles. The van der Waals surface area contributed by atoms with Crippen molar-refractivity contribution >= 4 is 11.2 Å². The standard InChI is InChI=1S/C13H18N4/c1-2-4-11(5-3-1)15-8-10-6-7-14-13-12(10)16-9-17-13/h6-7,9,11,15H,1-5,8H2,(H,14,16,17). The SMILES string of the molecule is c1cc(CNC2CCCCC2)c2[nH]cnc2n1. The van der Waals surface area contributed by atoms with E-state index < -0.39 is 0 Å². The number of imidazole rings is 1. The molecule has 2 aromatic rings. The van der Waals surface area contributed by atoms with Gasteiger partial charge in [0.05, 0.1) is 11.8 Å². The highest BCUT2D eigenvalue weighted by atomic mass is 15.0. The Labute approximate surface area is 101 Å². The molecule has 0 aliphatic heterocycles. The molecule has 2 aromatic heterocycles. The van der Waals surface area contributed by atoms with E-state index in [4.69, 9.17) is 0 Å². The molecule has 0 atom stereocenters. The molecule has 3 rings (SSSR count). The number of rotatable bonds is 3. The number of hydrogen-bond acceptors (Lipinski definition) is 3. The van der Waals surface area contributed by atoms with Gasteiger partial charge in [-0.3, -0.25) is 0 Å². The fourth-order valence-corrected chi connectivity index (χ4v) is 2.61. The molecular weight excluding hydrogens is 212 g/mol. The number of aromatic nitrogens is 3. The van der Waals surface area contributed by atoms with Crippen LogP contribution in [0.4, 0.5) is 0 Å². The molecule has 2 N–H and O–H groups in total. The Morgan fingerprint density at radius 3 is 3.00 bits per heavy atom. The second kappa shape index (κ2) is 4.84. The maximum absolute atomic E-state index is 4.23. The van der Waals surface area contributed by atoms with E-state index in [1.54, 1.807) is 6.33 Å². The van der Waals surface area contributed by atoms with Crippen molar-refractivity contribution in [3.8, 4) is 0 Å². The third-order valence-corrected chi connectivity index (χ3v) is 3.60. The summed E-state index contributed by atoms with van der Waals surface area (Å²) in [4.78, 5) is 11.6. The van der Waals surface area contributed by atoms with Crippen molar-refractivity contribution in [2.75, 3.05) is 0 Å². The summed E-state index contributed by atoms with van der Waals surface area (Å²) < 4.78 is 0. The Morgan fingerprint density at radius 2 is 2.12 bits per heavy atom. The Balaban J connectivity index is 1.69. The Hall–Kier alpha value is -1.42. The quantitative estimate of drug-likeness (QED) is 0.851. The number of nitrogens with zero attached hydrogens (tertiary/aromatic N) is 2. The van der Waals surface area contributed by atoms with Crippen molar-refractivity contribution < 1.29 is 0 Å². The zero-order valence-corrected chi connectivity index (χ0v) is 9.95. The van der Waals surface area contributed by atoms with Crippen molar-refractivity contribution in [1.82, 2.24) is 20.3 Å². The summed E-state index contributed by atoms with van der Waals surface area (Å²) in [6, 6.07) is 2.76. The fourth-order valence-electron chi connectivity index (χ4n) is 2.61. The van der Waals surface area contributed by atoms with E-state index in [0.717, 1.165) is 17.7 Å². The van der Waals surface area contributed by atoms with Crippen LogP contribution in [-0.2, 0) is 6.54 Å². The summed E-state index contributed by atoms with van der Waals surface area (Å²) in [6.45, 7) is 0.909. The highest BCUT2D eigenvalue weighted by Crippen LogP contribution is 2.18. The van der Waals surface area contributed by atoms with Gasteiger partial charge in [-0.2, -0.15) is 0 Å². The van der Waals surface area contributed by atoms with Crippen LogP contribution in [0.2, 0.25) is 0 Å². The largest absolute Gasteiger partial charge is 0.343 e. The van der Waals surface area contributed by atoms with Gasteiger partial charge < -0.3 is 10.3 Å². The average molecular weight is 230 g/mol. The molecular formula is C13H18N4. The lowest BCUT2D eigenvalue weighted by Gasteiger charge is -2.22. The van der Waals surface area contributed by atoms with Gasteiger partial charge in [0.2, 0.25) is 0 Å². The van der Waals surface area contributed by atoms with Crippen molar-refractivity contribution in [1.29, 1.82) is 0 Å². The minimum absolute atomic E-state index is 0.690. The van der Waals surface area contributed by atoms with Crippen LogP contribution < -0.4 is 5.32 Å². The average Bonchev–Trinajstić information content (AvgIpc) is 2.86. The minimum atomic E-state index is 0.690. The third-order valence-electron chi connectivity index (χ3n) is 3.60. The normalized spacial score (nSPS) is 17.6. The predicted molar refractivity (Wildman–Crippen MR) is 67.6 cm³/mol. The van der Waals surface area contributed by atoms with E-state index in [9.17, 15) is 0 Å². The molecule has 4 nitrogen and oxygen atoms in total. The van der Waals surface area contributed by atoms with E-state index in [2.05, 4.69) is 26.3 Å². The van der Waals surface area contributed by atoms with E-state index in [1.807, 2.05) is 6.20 Å². The Kier molecular flexibility index (Phi) is 3.05. The highest BCUT2D eigenvalue weighted by molar-refractivity contribution is 5.73. The van der Waals surface area contributed by atoms with Crippen molar-refractivity contribution in [3.63, 3.8) is 0 Å². The summed E-state index contributed by atoms with van der Waals surface area (Å²) in [6.07, 6.45) is 10.3. The van der Waals surface area contributed by atoms with Gasteiger partial charge in [0, 0.05) is 18.8 Å². The molecule has 1 aliphatic carbocycles. The second-order valence-corrected chi connectivity index (χ2v) is 4.79. The number of pyridine rings is 1. The summed E-state index contributed by atoms with van der Waals surface area (Å²) in [7, 11) is 0. The third kappa shape index (κ3) is 2.31. The van der Waals surface area contributed by atoms with Crippen LogP contribution in [0.15, 0.2) is 18.6 Å². The number of H-pyrrole nitrogens is 1. The van der Waals surface area contributed by atoms with Crippen LogP contribution in [0.25, 0.3) is 11.2 Å². The fraction of sp³-hybridized carbons (Fsp3) is 0.538. The summed E-state index contributed by atoms with van der Waals surface area (Å²) in [5.74, 6) is 0. The molecule has 0 spiro atoms. The highest BCUT2D eigenvalue weighted by Gasteiger charge is 2.13. The molecule has 0 radical (unpaired) electrons. The number of aromatic amines is 1. The molecule has 1 fully saturated rings. The van der Waals surface area contributed by atoms with Gasteiger partial charge in [-0.05, 0) is 24.5 Å². The van der Waals surface area contributed by atoms with Crippen LogP contribution in [0, 0.1) is 0 Å². The zero-order chi connectivity index (χ0) is 11.5. The van der Waals surface area contributed by atoms with E-state index in [1.165, 1.54) is 37.7 Å². The van der Waals surface area contributed by atoms with Crippen LogP contribution in [-0.4, -0.2) is 21.0 Å². The first-order valence-corrected chi connectivity index (χ1v) is 6.44. The van der Waals surface area contributed by atoms with Crippen LogP contribution in [0.1, 0.15) is 37.7 Å². The lowest BCUT2D eigenvalue weighted by molar-refractivity contribution is 0.372. The molecule has 0 unspecified atom stereocenters. The molecule has 90 valence electrons. The Bertz CT molecular complexity index is 485. The molecule has 0 saturated heterocycles. The van der Waals surface area contributed by atoms with Gasteiger partial charge in [-0.15, -0.1) is 0 Å². The van der Waals surface area contributed by atoms with Gasteiger partial charge in [-0.25, -0.2) is 9.97 Å². The molecule has 1 saturated carbocycles. The first kappa shape index (κ1) is 10.7. The van der Waals surface area contributed by atoms with E-state index in [0.29, 0.717) is 6.04 Å². The van der Waals surface area contributed by atoms with Gasteiger partial charge in [0.15, 0.2) is 5.65 Å². The topological polar surface area (TPSA) is 53.6 Å². The molecule has 4 heteroatoms. The van der Waals surface area contributed by atoms with Crippen LogP contribution in [0.3, 0.4) is 0 Å². The van der Waals surface area contributed by atoms with E-state index >= 15 is 0 Å². The summed E-state index contributed by atoms with van der Waals surface area (Å²) in [5, 5.41) is 3.64. The molecule has 0 amide bonds.